The highest BCUT2D eigenvalue weighted by Gasteiger charge is 2.21. The molecule has 0 bridgehead atoms. The van der Waals surface area contributed by atoms with Crippen molar-refractivity contribution in [3.63, 3.8) is 0 Å². The number of thiazole rings is 1. The van der Waals surface area contributed by atoms with Crippen molar-refractivity contribution in [1.82, 2.24) is 10.3 Å². The number of nitrogens with one attached hydrogen (secondary N) is 1. The third kappa shape index (κ3) is 2.92. The fraction of sp³-hybridized carbons (Fsp3) is 0.727. The molecule has 4 heteroatoms. The van der Waals surface area contributed by atoms with Crippen LogP contribution in [0.15, 0.2) is 0 Å². The average Bonchev–Trinajstić information content (AvgIpc) is 2.54. The summed E-state index contributed by atoms with van der Waals surface area (Å²) in [6.07, 6.45) is 4.61. The van der Waals surface area contributed by atoms with E-state index < -0.39 is 0 Å². The number of nitrogen functional groups attached to an aromatic ring is 1. The zero-order valence-corrected chi connectivity index (χ0v) is 9.36. The number of anilines is 1. The Hall–Kier alpha value is -0.610. The number of rotatable bonds is 3. The van der Waals surface area contributed by atoms with Gasteiger partial charge in [0, 0.05) is 10.9 Å². The van der Waals surface area contributed by atoms with Crippen LogP contribution in [0.5, 0.6) is 0 Å². The molecule has 0 aliphatic heterocycles. The first-order chi connectivity index (χ1) is 6.79. The molecule has 1 aliphatic rings. The molecule has 3 nitrogen and oxygen atoms in total. The maximum absolute atomic E-state index is 5.69. The van der Waals surface area contributed by atoms with E-state index in [1.54, 1.807) is 11.3 Å². The van der Waals surface area contributed by atoms with Gasteiger partial charge in [-0.3, -0.25) is 0 Å². The molecule has 15 heavy (non-hydrogen) atoms. The first kappa shape index (κ1) is 12.5. The molecule has 0 aromatic carbocycles. The van der Waals surface area contributed by atoms with E-state index in [9.17, 15) is 0 Å². The molecule has 1 aliphatic carbocycles. The van der Waals surface area contributed by atoms with Crippen molar-refractivity contribution in [2.45, 2.75) is 46.1 Å². The molecule has 1 heterocycles. The molecule has 0 saturated carbocycles. The second-order valence-electron chi connectivity index (χ2n) is 3.82. The average molecular weight is 227 g/mol. The number of hydrogen-bond acceptors (Lipinski definition) is 4. The molecular weight excluding hydrogens is 206 g/mol. The molecule has 0 saturated heterocycles. The minimum absolute atomic E-state index is 0. The Kier molecular flexibility index (Phi) is 4.54. The van der Waals surface area contributed by atoms with Crippen LogP contribution >= 0.6 is 11.3 Å². The van der Waals surface area contributed by atoms with E-state index in [0.717, 1.165) is 24.5 Å². The third-order valence-corrected chi connectivity index (χ3v) is 3.59. The zero-order chi connectivity index (χ0) is 9.97. The first-order valence-electron chi connectivity index (χ1n) is 5.27. The lowest BCUT2D eigenvalue weighted by Gasteiger charge is -2.21. The summed E-state index contributed by atoms with van der Waals surface area (Å²) in [7, 11) is 0. The summed E-state index contributed by atoms with van der Waals surface area (Å²) in [6.45, 7) is 3.32. The van der Waals surface area contributed by atoms with Crippen LogP contribution in [0, 0.1) is 0 Å². The summed E-state index contributed by atoms with van der Waals surface area (Å²) in [6, 6.07) is 0.641. The molecule has 1 aromatic heterocycles. The fourth-order valence-corrected chi connectivity index (χ4v) is 2.88. The Morgan fingerprint density at radius 2 is 2.40 bits per heavy atom. The maximum atomic E-state index is 5.69. The van der Waals surface area contributed by atoms with Crippen molar-refractivity contribution in [2.75, 3.05) is 12.3 Å². The Balaban J connectivity index is 0.00000112. The Morgan fingerprint density at radius 3 is 3.13 bits per heavy atom. The predicted molar refractivity (Wildman–Crippen MR) is 67.4 cm³/mol. The summed E-state index contributed by atoms with van der Waals surface area (Å²) in [4.78, 5) is 5.73. The van der Waals surface area contributed by atoms with Gasteiger partial charge in [0.05, 0.1) is 5.69 Å². The number of aromatic nitrogens is 1. The SMILES string of the molecule is C.CCCN[C@H]1CCc2nc(N)sc2C1. The molecule has 86 valence electrons. The van der Waals surface area contributed by atoms with E-state index in [1.807, 2.05) is 0 Å². The summed E-state index contributed by atoms with van der Waals surface area (Å²) in [5, 5.41) is 4.29. The van der Waals surface area contributed by atoms with E-state index in [-0.39, 0.29) is 7.43 Å². The normalized spacial score (nSPS) is 19.4. The van der Waals surface area contributed by atoms with Crippen molar-refractivity contribution >= 4 is 16.5 Å². The molecule has 0 unspecified atom stereocenters. The van der Waals surface area contributed by atoms with Crippen LogP contribution in [-0.2, 0) is 12.8 Å². The van der Waals surface area contributed by atoms with Crippen LogP contribution in [0.1, 0.15) is 37.8 Å². The number of aryl methyl sites for hydroxylation is 1. The monoisotopic (exact) mass is 227 g/mol. The molecule has 0 amide bonds. The Bertz CT molecular complexity index is 309. The van der Waals surface area contributed by atoms with Gasteiger partial charge in [-0.15, -0.1) is 11.3 Å². The van der Waals surface area contributed by atoms with Crippen LogP contribution in [0.25, 0.3) is 0 Å². The molecule has 2 rings (SSSR count). The summed E-state index contributed by atoms with van der Waals surface area (Å²) < 4.78 is 0. The molecule has 1 aromatic rings. The van der Waals surface area contributed by atoms with Crippen molar-refractivity contribution in [3.05, 3.63) is 10.6 Å². The van der Waals surface area contributed by atoms with Gasteiger partial charge in [-0.25, -0.2) is 4.98 Å². The van der Waals surface area contributed by atoms with Gasteiger partial charge in [0.25, 0.3) is 0 Å². The first-order valence-corrected chi connectivity index (χ1v) is 6.08. The largest absolute Gasteiger partial charge is 0.375 e. The number of hydrogen-bond donors (Lipinski definition) is 2. The van der Waals surface area contributed by atoms with Gasteiger partial charge >= 0.3 is 0 Å². The van der Waals surface area contributed by atoms with Crippen molar-refractivity contribution < 1.29 is 0 Å². The molecule has 0 fully saturated rings. The second kappa shape index (κ2) is 5.47. The minimum atomic E-state index is 0. The van der Waals surface area contributed by atoms with Crippen LogP contribution in [-0.4, -0.2) is 17.6 Å². The second-order valence-corrected chi connectivity index (χ2v) is 4.93. The van der Waals surface area contributed by atoms with Crippen LogP contribution in [0.3, 0.4) is 0 Å². The summed E-state index contributed by atoms with van der Waals surface area (Å²) in [5.41, 5.74) is 6.93. The predicted octanol–water partition coefficient (Wildman–Crippen LogP) is 2.22. The van der Waals surface area contributed by atoms with Gasteiger partial charge in [-0.1, -0.05) is 14.4 Å². The van der Waals surface area contributed by atoms with Crippen LogP contribution in [0.2, 0.25) is 0 Å². The van der Waals surface area contributed by atoms with E-state index in [4.69, 9.17) is 5.73 Å². The summed E-state index contributed by atoms with van der Waals surface area (Å²) >= 11 is 1.65. The third-order valence-electron chi connectivity index (χ3n) is 2.64. The maximum Gasteiger partial charge on any atom is 0.180 e. The highest BCUT2D eigenvalue weighted by molar-refractivity contribution is 7.15. The quantitative estimate of drug-likeness (QED) is 0.832. The number of nitrogens with two attached hydrogens (primary N) is 1. The summed E-state index contributed by atoms with van der Waals surface area (Å²) in [5.74, 6) is 0. The van der Waals surface area contributed by atoms with Crippen LogP contribution in [0.4, 0.5) is 5.13 Å². The van der Waals surface area contributed by atoms with Gasteiger partial charge in [0.1, 0.15) is 0 Å². The van der Waals surface area contributed by atoms with Gasteiger partial charge in [-0.05, 0) is 32.2 Å². The van der Waals surface area contributed by atoms with Crippen molar-refractivity contribution in [2.24, 2.45) is 0 Å². The van der Waals surface area contributed by atoms with Crippen molar-refractivity contribution in [1.29, 1.82) is 0 Å². The van der Waals surface area contributed by atoms with Gasteiger partial charge in [0.15, 0.2) is 5.13 Å². The van der Waals surface area contributed by atoms with Crippen molar-refractivity contribution in [3.8, 4) is 0 Å². The Morgan fingerprint density at radius 1 is 1.60 bits per heavy atom. The minimum Gasteiger partial charge on any atom is -0.375 e. The lowest BCUT2D eigenvalue weighted by molar-refractivity contribution is 0.460. The highest BCUT2D eigenvalue weighted by atomic mass is 32.1. The Labute approximate surface area is 96.1 Å². The molecule has 0 radical (unpaired) electrons. The molecule has 1 atom stereocenters. The molecule has 0 spiro atoms. The topological polar surface area (TPSA) is 50.9 Å². The number of nitrogens with zero attached hydrogens (tertiary/aromatic N) is 1. The van der Waals surface area contributed by atoms with E-state index in [1.165, 1.54) is 23.4 Å². The zero-order valence-electron chi connectivity index (χ0n) is 8.55. The molecular formula is C11H21N3S. The van der Waals surface area contributed by atoms with E-state index in [2.05, 4.69) is 17.2 Å². The lowest BCUT2D eigenvalue weighted by Crippen LogP contribution is -2.34. The van der Waals surface area contributed by atoms with E-state index >= 15 is 0 Å². The molecule has 3 N–H and O–H groups in total. The van der Waals surface area contributed by atoms with Crippen LogP contribution < -0.4 is 11.1 Å². The van der Waals surface area contributed by atoms with Gasteiger partial charge in [0.2, 0.25) is 0 Å². The standard InChI is InChI=1S/C10H17N3S.CH4/c1-2-5-12-7-3-4-8-9(6-7)14-10(11)13-8;/h7,12H,2-6H2,1H3,(H2,11,13);1H4/t7-;/m0./s1. The van der Waals surface area contributed by atoms with Gasteiger partial charge in [-0.2, -0.15) is 0 Å². The van der Waals surface area contributed by atoms with E-state index in [0.29, 0.717) is 6.04 Å². The lowest BCUT2D eigenvalue weighted by atomic mass is 9.98. The van der Waals surface area contributed by atoms with Gasteiger partial charge < -0.3 is 11.1 Å². The fourth-order valence-electron chi connectivity index (χ4n) is 1.92. The number of fused-ring (bicyclic) bond motifs is 1. The smallest absolute Gasteiger partial charge is 0.180 e. The highest BCUT2D eigenvalue weighted by Crippen LogP contribution is 2.27.